The normalized spacial score (nSPS) is 29.6. The van der Waals surface area contributed by atoms with Crippen molar-refractivity contribution < 1.29 is 19.1 Å². The van der Waals surface area contributed by atoms with Crippen molar-refractivity contribution in [2.75, 3.05) is 13.1 Å². The molecule has 1 N–H and O–H groups in total. The summed E-state index contributed by atoms with van der Waals surface area (Å²) >= 11 is 0. The number of carbonyl (C=O) groups is 3. The number of carbonyl (C=O) groups excluding carboxylic acids is 3. The van der Waals surface area contributed by atoms with E-state index in [1.54, 1.807) is 4.90 Å². The van der Waals surface area contributed by atoms with E-state index in [4.69, 9.17) is 4.74 Å². The van der Waals surface area contributed by atoms with Gasteiger partial charge in [0.1, 0.15) is 17.9 Å². The molecule has 0 radical (unpaired) electrons. The largest absolute Gasteiger partial charge is 0.489 e. The predicted octanol–water partition coefficient (Wildman–Crippen LogP) is 2.62. The quantitative estimate of drug-likeness (QED) is 0.751. The predicted molar refractivity (Wildman–Crippen MR) is 115 cm³/mol. The summed E-state index contributed by atoms with van der Waals surface area (Å²) in [4.78, 5) is 40.8. The summed E-state index contributed by atoms with van der Waals surface area (Å²) in [6.07, 6.45) is 9.45. The van der Waals surface area contributed by atoms with Crippen LogP contribution in [0.2, 0.25) is 0 Å². The maximum Gasteiger partial charge on any atom is 0.255 e. The zero-order valence-corrected chi connectivity index (χ0v) is 18.0. The Morgan fingerprint density at radius 3 is 2.55 bits per heavy atom. The Morgan fingerprint density at radius 2 is 1.74 bits per heavy atom. The van der Waals surface area contributed by atoms with E-state index in [2.05, 4.69) is 10.2 Å². The van der Waals surface area contributed by atoms with Crippen LogP contribution >= 0.6 is 0 Å². The molecule has 31 heavy (non-hydrogen) atoms. The van der Waals surface area contributed by atoms with E-state index < -0.39 is 6.04 Å². The first-order valence-corrected chi connectivity index (χ1v) is 11.8. The average Bonchev–Trinajstić information content (AvgIpc) is 3.10. The lowest BCUT2D eigenvalue weighted by Crippen LogP contribution is -2.52. The number of amides is 3. The summed E-state index contributed by atoms with van der Waals surface area (Å²) in [6, 6.07) is 5.60. The summed E-state index contributed by atoms with van der Waals surface area (Å²) in [6.45, 7) is 2.73. The van der Waals surface area contributed by atoms with Crippen molar-refractivity contribution in [3.8, 4) is 5.75 Å². The first-order valence-electron chi connectivity index (χ1n) is 11.8. The minimum absolute atomic E-state index is 0.139. The van der Waals surface area contributed by atoms with Crippen LogP contribution in [-0.4, -0.2) is 58.8 Å². The highest BCUT2D eigenvalue weighted by molar-refractivity contribution is 6.05. The van der Waals surface area contributed by atoms with Gasteiger partial charge in [-0.1, -0.05) is 12.8 Å². The molecule has 1 saturated carbocycles. The molecule has 1 unspecified atom stereocenters. The highest BCUT2D eigenvalue weighted by Crippen LogP contribution is 2.33. The number of rotatable bonds is 4. The number of piperidine rings is 2. The van der Waals surface area contributed by atoms with Crippen molar-refractivity contribution in [2.24, 2.45) is 0 Å². The van der Waals surface area contributed by atoms with Crippen molar-refractivity contribution in [3.63, 3.8) is 0 Å². The van der Waals surface area contributed by atoms with Gasteiger partial charge in [-0.2, -0.15) is 0 Å². The van der Waals surface area contributed by atoms with Crippen LogP contribution in [0.25, 0.3) is 0 Å². The maximum absolute atomic E-state index is 12.9. The smallest absolute Gasteiger partial charge is 0.255 e. The Kier molecular flexibility index (Phi) is 5.69. The Bertz CT molecular complexity index is 880. The first kappa shape index (κ1) is 20.5. The standard InChI is InChI=1S/C24H31N3O4/c28-22-11-10-20(23(29)25-22)27-15-16-14-17(8-9-18(16)24(27)30)31-21-7-3-2-6-19(21)26-12-4-1-5-13-26/h8-9,14,19-21H,1-7,10-13,15H2,(H,25,28,29)/t19-,20?,21+/m1/s1. The molecule has 1 aliphatic carbocycles. The fourth-order valence-electron chi connectivity index (χ4n) is 5.68. The molecule has 3 fully saturated rings. The van der Waals surface area contributed by atoms with Crippen LogP contribution in [0.3, 0.4) is 0 Å². The molecule has 1 aromatic carbocycles. The number of nitrogens with one attached hydrogen (secondary N) is 1. The van der Waals surface area contributed by atoms with Crippen LogP contribution in [0, 0.1) is 0 Å². The molecular formula is C24H31N3O4. The van der Waals surface area contributed by atoms with E-state index in [1.165, 1.54) is 51.6 Å². The van der Waals surface area contributed by atoms with Crippen molar-refractivity contribution in [1.29, 1.82) is 0 Å². The highest BCUT2D eigenvalue weighted by Gasteiger charge is 2.39. The highest BCUT2D eigenvalue weighted by atomic mass is 16.5. The van der Waals surface area contributed by atoms with E-state index in [-0.39, 0.29) is 30.2 Å². The van der Waals surface area contributed by atoms with Gasteiger partial charge < -0.3 is 9.64 Å². The van der Waals surface area contributed by atoms with Crippen molar-refractivity contribution in [1.82, 2.24) is 15.1 Å². The second kappa shape index (κ2) is 8.61. The molecular weight excluding hydrogens is 394 g/mol. The minimum atomic E-state index is -0.580. The number of fused-ring (bicyclic) bond motifs is 1. The Morgan fingerprint density at radius 1 is 0.935 bits per heavy atom. The zero-order chi connectivity index (χ0) is 21.4. The average molecular weight is 426 g/mol. The number of imide groups is 1. The fraction of sp³-hybridized carbons (Fsp3) is 0.625. The van der Waals surface area contributed by atoms with Gasteiger partial charge in [-0.3, -0.25) is 24.6 Å². The number of likely N-dealkylation sites (tertiary alicyclic amines) is 1. The summed E-state index contributed by atoms with van der Waals surface area (Å²) in [5.74, 6) is 0.0304. The van der Waals surface area contributed by atoms with E-state index in [0.29, 0.717) is 24.6 Å². The summed E-state index contributed by atoms with van der Waals surface area (Å²) in [7, 11) is 0. The van der Waals surface area contributed by atoms with Crippen molar-refractivity contribution in [2.45, 2.75) is 82.5 Å². The van der Waals surface area contributed by atoms with Crippen LogP contribution in [0.1, 0.15) is 73.7 Å². The number of hydrogen-bond donors (Lipinski definition) is 1. The lowest BCUT2D eigenvalue weighted by Gasteiger charge is -2.41. The number of ether oxygens (including phenoxy) is 1. The molecule has 5 rings (SSSR count). The Hall–Kier alpha value is -2.41. The minimum Gasteiger partial charge on any atom is -0.489 e. The van der Waals surface area contributed by atoms with Gasteiger partial charge in [-0.15, -0.1) is 0 Å². The van der Waals surface area contributed by atoms with Gasteiger partial charge in [-0.05, 0) is 75.4 Å². The molecule has 3 aliphatic heterocycles. The molecule has 3 atom stereocenters. The zero-order valence-electron chi connectivity index (χ0n) is 18.0. The second-order valence-electron chi connectivity index (χ2n) is 9.32. The molecule has 0 spiro atoms. The topological polar surface area (TPSA) is 79.0 Å². The third-order valence-corrected chi connectivity index (χ3v) is 7.31. The number of benzene rings is 1. The van der Waals surface area contributed by atoms with E-state index in [0.717, 1.165) is 17.7 Å². The van der Waals surface area contributed by atoms with Gasteiger partial charge in [0, 0.05) is 24.6 Å². The molecule has 4 aliphatic rings. The van der Waals surface area contributed by atoms with Crippen molar-refractivity contribution >= 4 is 17.7 Å². The van der Waals surface area contributed by atoms with Gasteiger partial charge in [0.2, 0.25) is 11.8 Å². The molecule has 7 nitrogen and oxygen atoms in total. The first-order chi connectivity index (χ1) is 15.1. The monoisotopic (exact) mass is 425 g/mol. The van der Waals surface area contributed by atoms with Gasteiger partial charge in [0.15, 0.2) is 0 Å². The summed E-state index contributed by atoms with van der Waals surface area (Å²) in [5.41, 5.74) is 1.53. The molecule has 166 valence electrons. The van der Waals surface area contributed by atoms with Crippen LogP contribution in [0.5, 0.6) is 5.75 Å². The van der Waals surface area contributed by atoms with E-state index in [1.807, 2.05) is 18.2 Å². The SMILES string of the molecule is O=C1CCC(N2Cc3cc(O[C@H]4CCCC[C@H]4N4CCCCC4)ccc3C2=O)C(=O)N1. The number of nitrogens with zero attached hydrogens (tertiary/aromatic N) is 2. The Balaban J connectivity index is 1.29. The van der Waals surface area contributed by atoms with E-state index >= 15 is 0 Å². The molecule has 2 saturated heterocycles. The third-order valence-electron chi connectivity index (χ3n) is 7.31. The third kappa shape index (κ3) is 4.07. The van der Waals surface area contributed by atoms with Crippen LogP contribution in [-0.2, 0) is 16.1 Å². The van der Waals surface area contributed by atoms with Gasteiger partial charge >= 0.3 is 0 Å². The second-order valence-corrected chi connectivity index (χ2v) is 9.32. The maximum atomic E-state index is 12.9. The molecule has 7 heteroatoms. The molecule has 0 aromatic heterocycles. The fourth-order valence-corrected chi connectivity index (χ4v) is 5.68. The van der Waals surface area contributed by atoms with Crippen molar-refractivity contribution in [3.05, 3.63) is 29.3 Å². The van der Waals surface area contributed by atoms with Crippen LogP contribution < -0.4 is 10.1 Å². The number of hydrogen-bond acceptors (Lipinski definition) is 5. The molecule has 0 bridgehead atoms. The molecule has 1 aromatic rings. The lowest BCUT2D eigenvalue weighted by atomic mass is 9.90. The summed E-state index contributed by atoms with van der Waals surface area (Å²) < 4.78 is 6.50. The summed E-state index contributed by atoms with van der Waals surface area (Å²) in [5, 5.41) is 2.35. The Labute approximate surface area is 183 Å². The molecule has 3 amide bonds. The lowest BCUT2D eigenvalue weighted by molar-refractivity contribution is -0.136. The van der Waals surface area contributed by atoms with Gasteiger partial charge in [0.25, 0.3) is 5.91 Å². The van der Waals surface area contributed by atoms with Crippen LogP contribution in [0.15, 0.2) is 18.2 Å². The van der Waals surface area contributed by atoms with Gasteiger partial charge in [0.05, 0.1) is 0 Å². The molecule has 3 heterocycles. The van der Waals surface area contributed by atoms with E-state index in [9.17, 15) is 14.4 Å². The van der Waals surface area contributed by atoms with Crippen LogP contribution in [0.4, 0.5) is 0 Å². The van der Waals surface area contributed by atoms with Gasteiger partial charge in [-0.25, -0.2) is 0 Å².